The van der Waals surface area contributed by atoms with Crippen LogP contribution < -0.4 is 10.1 Å². The number of aryl methyl sites for hydroxylation is 1. The predicted octanol–water partition coefficient (Wildman–Crippen LogP) is 2.00. The zero-order valence-electron chi connectivity index (χ0n) is 16.7. The Morgan fingerprint density at radius 1 is 1.14 bits per heavy atom. The number of nitrogens with one attached hydrogen (secondary N) is 1. The molecule has 2 aromatic carbocycles. The molecule has 0 radical (unpaired) electrons. The van der Waals surface area contributed by atoms with Crippen molar-refractivity contribution in [2.24, 2.45) is 0 Å². The summed E-state index contributed by atoms with van der Waals surface area (Å²) >= 11 is 0. The van der Waals surface area contributed by atoms with Crippen molar-refractivity contribution >= 4 is 15.9 Å². The highest BCUT2D eigenvalue weighted by Crippen LogP contribution is 2.19. The Morgan fingerprint density at radius 2 is 1.83 bits per heavy atom. The maximum absolute atomic E-state index is 12.6. The molecule has 0 spiro atoms. The average molecular weight is 419 g/mol. The molecular formula is C21H26N2O5S. The third-order valence-corrected chi connectivity index (χ3v) is 6.80. The SMILES string of the molecule is COc1ccc(C(=O)NCCc2ccc(S(=O)(=O)N3CCOCC3)cc2)cc1C. The maximum atomic E-state index is 12.6. The maximum Gasteiger partial charge on any atom is 0.251 e. The van der Waals surface area contributed by atoms with Crippen molar-refractivity contribution in [3.8, 4) is 5.75 Å². The van der Waals surface area contributed by atoms with Gasteiger partial charge in [-0.25, -0.2) is 8.42 Å². The number of carbonyl (C=O) groups excluding carboxylic acids is 1. The number of carbonyl (C=O) groups is 1. The number of sulfonamides is 1. The van der Waals surface area contributed by atoms with Crippen molar-refractivity contribution in [1.29, 1.82) is 0 Å². The second-order valence-corrected chi connectivity index (χ2v) is 8.79. The topological polar surface area (TPSA) is 84.9 Å². The van der Waals surface area contributed by atoms with Crippen molar-refractivity contribution in [2.45, 2.75) is 18.2 Å². The first kappa shape index (κ1) is 21.3. The van der Waals surface area contributed by atoms with E-state index in [1.165, 1.54) is 4.31 Å². The van der Waals surface area contributed by atoms with Gasteiger partial charge in [0.25, 0.3) is 5.91 Å². The molecule has 2 aromatic rings. The zero-order chi connectivity index (χ0) is 20.9. The molecule has 3 rings (SSSR count). The number of morpholine rings is 1. The van der Waals surface area contributed by atoms with E-state index in [2.05, 4.69) is 5.32 Å². The molecule has 0 bridgehead atoms. The van der Waals surface area contributed by atoms with Gasteiger partial charge in [0.15, 0.2) is 0 Å². The lowest BCUT2D eigenvalue weighted by atomic mass is 10.1. The second-order valence-electron chi connectivity index (χ2n) is 6.85. The predicted molar refractivity (Wildman–Crippen MR) is 110 cm³/mol. The molecule has 1 aliphatic heterocycles. The van der Waals surface area contributed by atoms with E-state index in [4.69, 9.17) is 9.47 Å². The van der Waals surface area contributed by atoms with Gasteiger partial charge in [0.2, 0.25) is 10.0 Å². The number of benzene rings is 2. The summed E-state index contributed by atoms with van der Waals surface area (Å²) in [7, 11) is -1.89. The summed E-state index contributed by atoms with van der Waals surface area (Å²) in [6, 6.07) is 12.1. The van der Waals surface area contributed by atoms with E-state index >= 15 is 0 Å². The highest BCUT2D eigenvalue weighted by atomic mass is 32.2. The zero-order valence-corrected chi connectivity index (χ0v) is 17.5. The molecule has 29 heavy (non-hydrogen) atoms. The number of nitrogens with zero attached hydrogens (tertiary/aromatic N) is 1. The van der Waals surface area contributed by atoms with Gasteiger partial charge in [0.05, 0.1) is 25.2 Å². The summed E-state index contributed by atoms with van der Waals surface area (Å²) in [5, 5.41) is 2.89. The van der Waals surface area contributed by atoms with Gasteiger partial charge >= 0.3 is 0 Å². The highest BCUT2D eigenvalue weighted by Gasteiger charge is 2.26. The third kappa shape index (κ3) is 5.14. The fraction of sp³-hybridized carbons (Fsp3) is 0.381. The van der Waals surface area contributed by atoms with Crippen LogP contribution in [0.3, 0.4) is 0 Å². The van der Waals surface area contributed by atoms with E-state index in [0.29, 0.717) is 44.8 Å². The summed E-state index contributed by atoms with van der Waals surface area (Å²) in [5.74, 6) is 0.593. The Balaban J connectivity index is 1.55. The minimum Gasteiger partial charge on any atom is -0.496 e. The Morgan fingerprint density at radius 3 is 2.45 bits per heavy atom. The summed E-state index contributed by atoms with van der Waals surface area (Å²) in [5.41, 5.74) is 2.43. The van der Waals surface area contributed by atoms with Crippen LogP contribution in [0.25, 0.3) is 0 Å². The fourth-order valence-corrected chi connectivity index (χ4v) is 4.61. The van der Waals surface area contributed by atoms with E-state index in [9.17, 15) is 13.2 Å². The summed E-state index contributed by atoms with van der Waals surface area (Å²) in [6.07, 6.45) is 0.610. The number of rotatable bonds is 7. The number of hydrogen-bond donors (Lipinski definition) is 1. The molecule has 7 nitrogen and oxygen atoms in total. The lowest BCUT2D eigenvalue weighted by molar-refractivity contribution is 0.0730. The lowest BCUT2D eigenvalue weighted by Crippen LogP contribution is -2.40. The highest BCUT2D eigenvalue weighted by molar-refractivity contribution is 7.89. The first-order valence-corrected chi connectivity index (χ1v) is 11.0. The van der Waals surface area contributed by atoms with Crippen LogP contribution in [-0.4, -0.2) is 58.6 Å². The largest absolute Gasteiger partial charge is 0.496 e. The minimum atomic E-state index is -3.49. The molecule has 0 unspecified atom stereocenters. The van der Waals surface area contributed by atoms with Crippen LogP contribution in [0.5, 0.6) is 5.75 Å². The number of ether oxygens (including phenoxy) is 2. The molecule has 156 valence electrons. The van der Waals surface area contributed by atoms with Crippen LogP contribution in [0.1, 0.15) is 21.5 Å². The Bertz CT molecular complexity index is 952. The van der Waals surface area contributed by atoms with Gasteiger partial charge in [-0.1, -0.05) is 12.1 Å². The van der Waals surface area contributed by atoms with Crippen LogP contribution in [0.15, 0.2) is 47.4 Å². The standard InChI is InChI=1S/C21H26N2O5S/c1-16-15-18(5-8-20(16)27-2)21(24)22-10-9-17-3-6-19(7-4-17)29(25,26)23-11-13-28-14-12-23/h3-8,15H,9-14H2,1-2H3,(H,22,24). The number of amides is 1. The lowest BCUT2D eigenvalue weighted by Gasteiger charge is -2.26. The third-order valence-electron chi connectivity index (χ3n) is 4.89. The molecule has 1 saturated heterocycles. The molecule has 1 amide bonds. The van der Waals surface area contributed by atoms with E-state index in [-0.39, 0.29) is 10.8 Å². The van der Waals surface area contributed by atoms with Gasteiger partial charge in [0.1, 0.15) is 5.75 Å². The molecule has 0 aromatic heterocycles. The van der Waals surface area contributed by atoms with Gasteiger partial charge in [-0.05, 0) is 54.8 Å². The van der Waals surface area contributed by atoms with Crippen LogP contribution in [0.4, 0.5) is 0 Å². The molecule has 1 fully saturated rings. The van der Waals surface area contributed by atoms with Crippen LogP contribution in [0, 0.1) is 6.92 Å². The molecule has 1 N–H and O–H groups in total. The Hall–Kier alpha value is -2.42. The van der Waals surface area contributed by atoms with Gasteiger partial charge in [-0.2, -0.15) is 4.31 Å². The van der Waals surface area contributed by atoms with Gasteiger partial charge in [-0.15, -0.1) is 0 Å². The molecule has 8 heteroatoms. The molecule has 0 atom stereocenters. The Labute approximate surface area is 171 Å². The van der Waals surface area contributed by atoms with Crippen LogP contribution in [0.2, 0.25) is 0 Å². The fourth-order valence-electron chi connectivity index (χ4n) is 3.21. The van der Waals surface area contributed by atoms with E-state index in [1.54, 1.807) is 49.6 Å². The molecule has 0 saturated carbocycles. The summed E-state index contributed by atoms with van der Waals surface area (Å²) in [6.45, 7) is 3.94. The smallest absolute Gasteiger partial charge is 0.251 e. The quantitative estimate of drug-likeness (QED) is 0.743. The number of methoxy groups -OCH3 is 1. The number of hydrogen-bond acceptors (Lipinski definition) is 5. The van der Waals surface area contributed by atoms with Crippen molar-refractivity contribution < 1.29 is 22.7 Å². The van der Waals surface area contributed by atoms with Gasteiger partial charge in [0, 0.05) is 25.2 Å². The molecular weight excluding hydrogens is 392 g/mol. The van der Waals surface area contributed by atoms with Crippen molar-refractivity contribution in [3.05, 3.63) is 59.2 Å². The monoisotopic (exact) mass is 418 g/mol. The van der Waals surface area contributed by atoms with Crippen LogP contribution in [-0.2, 0) is 21.2 Å². The average Bonchev–Trinajstić information content (AvgIpc) is 2.74. The first-order chi connectivity index (χ1) is 13.9. The molecule has 1 aliphatic rings. The van der Waals surface area contributed by atoms with Crippen molar-refractivity contribution in [1.82, 2.24) is 9.62 Å². The van der Waals surface area contributed by atoms with Gasteiger partial charge in [-0.3, -0.25) is 4.79 Å². The second kappa shape index (κ2) is 9.39. The molecule has 0 aliphatic carbocycles. The first-order valence-electron chi connectivity index (χ1n) is 9.51. The minimum absolute atomic E-state index is 0.151. The Kier molecular flexibility index (Phi) is 6.89. The normalized spacial score (nSPS) is 15.1. The van der Waals surface area contributed by atoms with E-state index in [1.807, 2.05) is 6.92 Å². The van der Waals surface area contributed by atoms with Crippen molar-refractivity contribution in [3.63, 3.8) is 0 Å². The van der Waals surface area contributed by atoms with Crippen molar-refractivity contribution in [2.75, 3.05) is 40.0 Å². The van der Waals surface area contributed by atoms with Crippen LogP contribution >= 0.6 is 0 Å². The van der Waals surface area contributed by atoms with E-state index < -0.39 is 10.0 Å². The summed E-state index contributed by atoms with van der Waals surface area (Å²) in [4.78, 5) is 12.6. The summed E-state index contributed by atoms with van der Waals surface area (Å²) < 4.78 is 37.1. The molecule has 1 heterocycles. The van der Waals surface area contributed by atoms with E-state index in [0.717, 1.165) is 16.9 Å². The van der Waals surface area contributed by atoms with Gasteiger partial charge < -0.3 is 14.8 Å².